The molecule has 0 fully saturated rings. The van der Waals surface area contributed by atoms with Crippen molar-refractivity contribution < 1.29 is 17.9 Å². The molecule has 1 N–H and O–H groups in total. The summed E-state index contributed by atoms with van der Waals surface area (Å²) in [6.45, 7) is 3.63. The quantitative estimate of drug-likeness (QED) is 0.407. The van der Waals surface area contributed by atoms with E-state index in [1.54, 1.807) is 30.9 Å². The van der Waals surface area contributed by atoms with Gasteiger partial charge in [-0.25, -0.2) is 0 Å². The largest absolute Gasteiger partial charge is 0.400 e. The summed E-state index contributed by atoms with van der Waals surface area (Å²) in [5.41, 5.74) is 3.17. The molecule has 0 aliphatic heterocycles. The zero-order chi connectivity index (χ0) is 19.7. The lowest BCUT2D eigenvalue weighted by Crippen LogP contribution is -2.03. The van der Waals surface area contributed by atoms with Gasteiger partial charge < -0.3 is 14.2 Å². The lowest BCUT2D eigenvalue weighted by atomic mass is 10.1. The summed E-state index contributed by atoms with van der Waals surface area (Å²) in [4.78, 5) is 3.59. The Hall–Kier alpha value is -2.24. The Bertz CT molecular complexity index is 987. The van der Waals surface area contributed by atoms with Crippen molar-refractivity contribution in [3.63, 3.8) is 0 Å². The fraction of sp³-hybridized carbons (Fsp3) is 0.222. The first-order valence-electron chi connectivity index (χ1n) is 8.05. The fourth-order valence-corrected chi connectivity index (χ4v) is 4.38. The Labute approximate surface area is 160 Å². The van der Waals surface area contributed by atoms with Gasteiger partial charge in [0.1, 0.15) is 0 Å². The molecule has 3 aromatic rings. The molecule has 5 nitrogen and oxygen atoms in total. The molecule has 0 spiro atoms. The minimum atomic E-state index is -3.71. The Morgan fingerprint density at radius 1 is 1.19 bits per heavy atom. The molecular weight excluding hydrogens is 395 g/mol. The van der Waals surface area contributed by atoms with Gasteiger partial charge in [-0.1, -0.05) is 47.6 Å². The number of benzene rings is 2. The van der Waals surface area contributed by atoms with Crippen LogP contribution >= 0.6 is 18.9 Å². The van der Waals surface area contributed by atoms with Crippen molar-refractivity contribution in [1.29, 1.82) is 0 Å². The highest BCUT2D eigenvalue weighted by Gasteiger charge is 2.35. The van der Waals surface area contributed by atoms with Crippen molar-refractivity contribution in [3.05, 3.63) is 65.5 Å². The molecule has 0 aliphatic carbocycles. The van der Waals surface area contributed by atoms with Gasteiger partial charge >= 0.3 is 11.3 Å². The zero-order valence-corrected chi connectivity index (χ0v) is 16.3. The summed E-state index contributed by atoms with van der Waals surface area (Å²) in [7, 11) is -2.68. The monoisotopic (exact) mass is 411 g/mol. The molecule has 0 saturated heterocycles. The summed E-state index contributed by atoms with van der Waals surface area (Å²) in [6.07, 6.45) is 0.332. The number of aromatic nitrogens is 2. The molecule has 1 heterocycles. The fourth-order valence-electron chi connectivity index (χ4n) is 2.56. The van der Waals surface area contributed by atoms with Crippen LogP contribution in [0.3, 0.4) is 0 Å². The van der Waals surface area contributed by atoms with Crippen LogP contribution in [0.1, 0.15) is 17.0 Å². The summed E-state index contributed by atoms with van der Waals surface area (Å²) in [5, 5.41) is 2.92. The second-order valence-electron chi connectivity index (χ2n) is 6.30. The smallest absolute Gasteiger partial charge is 0.336 e. The number of alkyl halides is 3. The van der Waals surface area contributed by atoms with Crippen LogP contribution in [-0.4, -0.2) is 16.8 Å². The van der Waals surface area contributed by atoms with Gasteiger partial charge in [0.15, 0.2) is 7.29 Å². The highest BCUT2D eigenvalue weighted by molar-refractivity contribution is 7.63. The predicted octanol–water partition coefficient (Wildman–Crippen LogP) is 5.85. The van der Waals surface area contributed by atoms with Gasteiger partial charge in [0, 0.05) is 24.1 Å². The highest BCUT2D eigenvalue weighted by Crippen LogP contribution is 2.45. The number of aryl methyl sites for hydroxylation is 1. The third-order valence-electron chi connectivity index (χ3n) is 3.87. The van der Waals surface area contributed by atoms with Crippen molar-refractivity contribution in [2.45, 2.75) is 18.5 Å². The molecule has 0 bridgehead atoms. The number of nitrogens with one attached hydrogen (secondary N) is 1. The van der Waals surface area contributed by atoms with Crippen molar-refractivity contribution in [2.24, 2.45) is 0 Å². The molecule has 2 aromatic carbocycles. The first-order valence-corrected chi connectivity index (χ1v) is 10.8. The molecule has 1 atom stereocenters. The van der Waals surface area contributed by atoms with E-state index in [4.69, 9.17) is 11.6 Å². The Morgan fingerprint density at radius 3 is 2.44 bits per heavy atom. The first kappa shape index (κ1) is 19.5. The molecule has 1 aromatic heterocycles. The van der Waals surface area contributed by atoms with Crippen LogP contribution in [0.4, 0.5) is 14.5 Å². The summed E-state index contributed by atoms with van der Waals surface area (Å²) < 4.78 is 43.3. The average Bonchev–Trinajstić information content (AvgIpc) is 3.07. The van der Waals surface area contributed by atoms with E-state index >= 15 is 0 Å². The Balaban J connectivity index is 1.73. The van der Waals surface area contributed by atoms with Crippen LogP contribution in [0.15, 0.2) is 53.1 Å². The highest BCUT2D eigenvalue weighted by atomic mass is 35.5. The number of anilines is 1. The van der Waals surface area contributed by atoms with Gasteiger partial charge in [-0.05, 0) is 35.7 Å². The second-order valence-corrected chi connectivity index (χ2v) is 9.52. The van der Waals surface area contributed by atoms with Crippen LogP contribution in [0, 0.1) is 6.92 Å². The third kappa shape index (κ3) is 4.93. The third-order valence-corrected chi connectivity index (χ3v) is 5.71. The van der Waals surface area contributed by atoms with Crippen LogP contribution in [0.25, 0.3) is 11.4 Å². The first-order chi connectivity index (χ1) is 12.6. The van der Waals surface area contributed by atoms with E-state index in [-0.39, 0.29) is 5.82 Å². The standard InChI is InChI=1S/C18H17ClF2N3O2P/c1-12-5-3-4-6-15(12)24-27(2,25)11-13-7-9-14(10-8-13)16-22-17(26-23-16)18(19,20)21/h3-10H,11H2,1-2H3,(H,24,25). The number of hydrogen-bond acceptors (Lipinski definition) is 4. The summed E-state index contributed by atoms with van der Waals surface area (Å²) in [6, 6.07) is 14.4. The van der Waals surface area contributed by atoms with Crippen LogP contribution < -0.4 is 5.09 Å². The van der Waals surface area contributed by atoms with E-state index in [9.17, 15) is 13.3 Å². The summed E-state index contributed by atoms with van der Waals surface area (Å²) >= 11 is 4.87. The van der Waals surface area contributed by atoms with Crippen molar-refractivity contribution >= 4 is 24.6 Å². The Morgan fingerprint density at radius 2 is 1.85 bits per heavy atom. The number of para-hydroxylation sites is 1. The van der Waals surface area contributed by atoms with Crippen LogP contribution in [0.2, 0.25) is 0 Å². The SMILES string of the molecule is Cc1ccccc1NP(C)(=O)Cc1ccc(-c2noc(C(F)(F)Cl)n2)cc1. The zero-order valence-electron chi connectivity index (χ0n) is 14.6. The molecule has 0 saturated carbocycles. The van der Waals surface area contributed by atoms with E-state index in [1.165, 1.54) is 0 Å². The molecule has 0 radical (unpaired) electrons. The molecule has 1 unspecified atom stereocenters. The maximum Gasteiger partial charge on any atom is 0.400 e. The van der Waals surface area contributed by atoms with Gasteiger partial charge in [0.2, 0.25) is 5.82 Å². The molecule has 27 heavy (non-hydrogen) atoms. The molecule has 0 amide bonds. The van der Waals surface area contributed by atoms with E-state index in [0.717, 1.165) is 16.8 Å². The number of nitrogens with zero attached hydrogens (tertiary/aromatic N) is 2. The van der Waals surface area contributed by atoms with Crippen LogP contribution in [0.5, 0.6) is 0 Å². The van der Waals surface area contributed by atoms with E-state index < -0.39 is 18.6 Å². The maximum absolute atomic E-state index is 13.0. The molecule has 3 rings (SSSR count). The number of hydrogen-bond donors (Lipinski definition) is 1. The lowest BCUT2D eigenvalue weighted by molar-refractivity contribution is 0.0551. The molecule has 0 aliphatic rings. The van der Waals surface area contributed by atoms with Gasteiger partial charge in [0.05, 0.1) is 0 Å². The van der Waals surface area contributed by atoms with Gasteiger partial charge in [0.25, 0.3) is 0 Å². The van der Waals surface area contributed by atoms with E-state index in [0.29, 0.717) is 11.7 Å². The summed E-state index contributed by atoms with van der Waals surface area (Å²) in [5.74, 6) is -0.946. The number of rotatable bonds is 6. The van der Waals surface area contributed by atoms with E-state index in [1.807, 2.05) is 31.2 Å². The number of halogens is 3. The Kier molecular flexibility index (Phi) is 5.36. The van der Waals surface area contributed by atoms with Crippen molar-refractivity contribution in [2.75, 3.05) is 11.8 Å². The molecular formula is C18H17ClF2N3O2P. The van der Waals surface area contributed by atoms with E-state index in [2.05, 4.69) is 19.8 Å². The average molecular weight is 412 g/mol. The molecule has 142 valence electrons. The maximum atomic E-state index is 13.0. The van der Waals surface area contributed by atoms with Gasteiger partial charge in [-0.15, -0.1) is 0 Å². The molecule has 9 heteroatoms. The lowest BCUT2D eigenvalue weighted by Gasteiger charge is -2.18. The van der Waals surface area contributed by atoms with Crippen LogP contribution in [-0.2, 0) is 16.1 Å². The minimum Gasteiger partial charge on any atom is -0.336 e. The topological polar surface area (TPSA) is 68.0 Å². The minimum absolute atomic E-state index is 0.00888. The second kappa shape index (κ2) is 7.41. The van der Waals surface area contributed by atoms with Gasteiger partial charge in [-0.3, -0.25) is 0 Å². The van der Waals surface area contributed by atoms with Gasteiger partial charge in [-0.2, -0.15) is 13.8 Å². The normalized spacial score (nSPS) is 14.0. The van der Waals surface area contributed by atoms with Crippen molar-refractivity contribution in [3.8, 4) is 11.4 Å². The van der Waals surface area contributed by atoms with Crippen molar-refractivity contribution in [1.82, 2.24) is 10.1 Å². The predicted molar refractivity (Wildman–Crippen MR) is 102 cm³/mol.